The topological polar surface area (TPSA) is 61.8 Å². The Kier molecular flexibility index (Phi) is 6.41. The number of nitrogens with one attached hydrogen (secondary N) is 2. The van der Waals surface area contributed by atoms with E-state index in [0.717, 1.165) is 5.56 Å². The predicted octanol–water partition coefficient (Wildman–Crippen LogP) is 2.17. The van der Waals surface area contributed by atoms with Crippen LogP contribution in [0.1, 0.15) is 24.8 Å². The minimum atomic E-state index is -4.16. The smallest absolute Gasteiger partial charge is 0.401 e. The summed E-state index contributed by atoms with van der Waals surface area (Å²) in [5.74, 6) is 1.86. The molecule has 2 aliphatic rings. The fourth-order valence-corrected chi connectivity index (χ4v) is 3.05. The maximum atomic E-state index is 12.5. The van der Waals surface area contributed by atoms with Gasteiger partial charge < -0.3 is 15.4 Å². The van der Waals surface area contributed by atoms with Crippen LogP contribution >= 0.6 is 0 Å². The molecule has 2 N–H and O–H groups in total. The largest absolute Gasteiger partial charge is 0.477 e. The van der Waals surface area contributed by atoms with Crippen molar-refractivity contribution in [3.05, 3.63) is 23.9 Å². The summed E-state index contributed by atoms with van der Waals surface area (Å²) < 4.78 is 43.2. The van der Waals surface area contributed by atoms with E-state index in [1.807, 2.05) is 12.1 Å². The molecule has 1 aliphatic heterocycles. The zero-order chi connectivity index (χ0) is 19.3. The Bertz CT molecular complexity index is 648. The number of guanidine groups is 1. The number of hydrogen-bond acceptors (Lipinski definition) is 4. The second kappa shape index (κ2) is 8.77. The highest BCUT2D eigenvalue weighted by Gasteiger charge is 2.34. The highest BCUT2D eigenvalue weighted by molar-refractivity contribution is 5.80. The molecule has 1 saturated heterocycles. The van der Waals surface area contributed by atoms with Crippen LogP contribution in [0.15, 0.2) is 23.3 Å². The van der Waals surface area contributed by atoms with Crippen LogP contribution in [0.5, 0.6) is 5.88 Å². The number of nitrogens with zero attached hydrogens (tertiary/aromatic N) is 3. The molecule has 0 radical (unpaired) electrons. The van der Waals surface area contributed by atoms with Crippen molar-refractivity contribution < 1.29 is 17.9 Å². The van der Waals surface area contributed by atoms with E-state index in [1.54, 1.807) is 13.2 Å². The third kappa shape index (κ3) is 6.89. The molecule has 27 heavy (non-hydrogen) atoms. The zero-order valence-electron chi connectivity index (χ0n) is 15.4. The SMILES string of the molecule is CN=C(NCc1ccnc(OCC2CC2)c1)NC1CCN(CC(F)(F)F)C1. The summed E-state index contributed by atoms with van der Waals surface area (Å²) in [6.07, 6.45) is 0.664. The van der Waals surface area contributed by atoms with E-state index >= 15 is 0 Å². The summed E-state index contributed by atoms with van der Waals surface area (Å²) in [6, 6.07) is 3.74. The van der Waals surface area contributed by atoms with Crippen LogP contribution in [0.2, 0.25) is 0 Å². The van der Waals surface area contributed by atoms with Gasteiger partial charge in [-0.25, -0.2) is 4.98 Å². The summed E-state index contributed by atoms with van der Waals surface area (Å²) in [4.78, 5) is 9.79. The maximum Gasteiger partial charge on any atom is 0.401 e. The summed E-state index contributed by atoms with van der Waals surface area (Å²) in [5, 5.41) is 6.39. The standard InChI is InChI=1S/C18H26F3N5O/c1-22-17(25-15-5-7-26(10-15)12-18(19,20)21)24-9-14-4-6-23-16(8-14)27-11-13-2-3-13/h4,6,8,13,15H,2-3,5,7,9-12H2,1H3,(H2,22,24,25). The minimum Gasteiger partial charge on any atom is -0.477 e. The first-order valence-corrected chi connectivity index (χ1v) is 9.25. The molecule has 150 valence electrons. The number of halogens is 3. The number of likely N-dealkylation sites (tertiary alicyclic amines) is 1. The molecule has 6 nitrogen and oxygen atoms in total. The molecule has 1 saturated carbocycles. The fourth-order valence-electron chi connectivity index (χ4n) is 3.05. The average molecular weight is 385 g/mol. The third-order valence-electron chi connectivity index (χ3n) is 4.66. The van der Waals surface area contributed by atoms with E-state index in [-0.39, 0.29) is 6.04 Å². The van der Waals surface area contributed by atoms with Crippen LogP contribution in [0.3, 0.4) is 0 Å². The lowest BCUT2D eigenvalue weighted by Crippen LogP contribution is -2.44. The van der Waals surface area contributed by atoms with Gasteiger partial charge in [-0.05, 0) is 36.8 Å². The van der Waals surface area contributed by atoms with E-state index in [1.165, 1.54) is 17.7 Å². The molecule has 0 amide bonds. The summed E-state index contributed by atoms with van der Waals surface area (Å²) in [6.45, 7) is 1.16. The number of alkyl halides is 3. The van der Waals surface area contributed by atoms with Gasteiger partial charge >= 0.3 is 6.18 Å². The van der Waals surface area contributed by atoms with Crippen molar-refractivity contribution in [1.82, 2.24) is 20.5 Å². The summed E-state index contributed by atoms with van der Waals surface area (Å²) in [7, 11) is 1.65. The van der Waals surface area contributed by atoms with Crippen LogP contribution in [0, 0.1) is 5.92 Å². The van der Waals surface area contributed by atoms with Crippen molar-refractivity contribution in [2.45, 2.75) is 38.0 Å². The van der Waals surface area contributed by atoms with Gasteiger partial charge in [-0.1, -0.05) is 0 Å². The van der Waals surface area contributed by atoms with Crippen molar-refractivity contribution in [3.63, 3.8) is 0 Å². The molecule has 0 aromatic carbocycles. The van der Waals surface area contributed by atoms with Gasteiger partial charge in [0.2, 0.25) is 5.88 Å². The molecule has 0 bridgehead atoms. The van der Waals surface area contributed by atoms with Gasteiger partial charge in [0.05, 0.1) is 13.2 Å². The van der Waals surface area contributed by atoms with Gasteiger partial charge in [0.1, 0.15) is 0 Å². The second-order valence-corrected chi connectivity index (χ2v) is 7.16. The predicted molar refractivity (Wildman–Crippen MR) is 96.7 cm³/mol. The van der Waals surface area contributed by atoms with Gasteiger partial charge in [0.25, 0.3) is 0 Å². The molecule has 2 heterocycles. The van der Waals surface area contributed by atoms with E-state index in [0.29, 0.717) is 50.4 Å². The molecular formula is C18H26F3N5O. The van der Waals surface area contributed by atoms with Crippen LogP contribution in [0.25, 0.3) is 0 Å². The molecule has 1 unspecified atom stereocenters. The molecular weight excluding hydrogens is 359 g/mol. The number of hydrogen-bond donors (Lipinski definition) is 2. The minimum absolute atomic E-state index is 0.0478. The normalized spacial score (nSPS) is 21.3. The quantitative estimate of drug-likeness (QED) is 0.557. The van der Waals surface area contributed by atoms with Gasteiger partial charge in [0, 0.05) is 45.0 Å². The molecule has 1 aromatic heterocycles. The van der Waals surface area contributed by atoms with E-state index < -0.39 is 12.7 Å². The molecule has 9 heteroatoms. The number of aromatic nitrogens is 1. The molecule has 1 atom stereocenters. The van der Waals surface area contributed by atoms with Crippen LogP contribution in [-0.2, 0) is 6.54 Å². The third-order valence-corrected chi connectivity index (χ3v) is 4.66. The lowest BCUT2D eigenvalue weighted by Gasteiger charge is -2.20. The van der Waals surface area contributed by atoms with Crippen LogP contribution < -0.4 is 15.4 Å². The first-order chi connectivity index (χ1) is 12.9. The molecule has 2 fully saturated rings. The van der Waals surface area contributed by atoms with Gasteiger partial charge in [-0.15, -0.1) is 0 Å². The Labute approximate surface area is 157 Å². The Balaban J connectivity index is 1.43. The van der Waals surface area contributed by atoms with Gasteiger partial charge in [-0.3, -0.25) is 9.89 Å². The van der Waals surface area contributed by atoms with Crippen molar-refractivity contribution in [3.8, 4) is 5.88 Å². The monoisotopic (exact) mass is 385 g/mol. The lowest BCUT2D eigenvalue weighted by atomic mass is 10.2. The number of pyridine rings is 1. The lowest BCUT2D eigenvalue weighted by molar-refractivity contribution is -0.143. The van der Waals surface area contributed by atoms with Crippen molar-refractivity contribution >= 4 is 5.96 Å². The Morgan fingerprint density at radius 1 is 1.37 bits per heavy atom. The van der Waals surface area contributed by atoms with E-state index in [9.17, 15) is 13.2 Å². The maximum absolute atomic E-state index is 12.5. The first-order valence-electron chi connectivity index (χ1n) is 9.25. The average Bonchev–Trinajstić information content (AvgIpc) is 3.36. The first kappa shape index (κ1) is 19.7. The van der Waals surface area contributed by atoms with Crippen molar-refractivity contribution in [2.75, 3.05) is 33.3 Å². The molecule has 3 rings (SSSR count). The Morgan fingerprint density at radius 3 is 2.89 bits per heavy atom. The summed E-state index contributed by atoms with van der Waals surface area (Å²) >= 11 is 0. The van der Waals surface area contributed by atoms with E-state index in [2.05, 4.69) is 20.6 Å². The second-order valence-electron chi connectivity index (χ2n) is 7.16. The molecule has 1 aromatic rings. The number of rotatable bonds is 7. The zero-order valence-corrected chi connectivity index (χ0v) is 15.4. The summed E-state index contributed by atoms with van der Waals surface area (Å²) in [5.41, 5.74) is 1.00. The number of ether oxygens (including phenoxy) is 1. The Hall–Kier alpha value is -2.03. The highest BCUT2D eigenvalue weighted by atomic mass is 19.4. The number of aliphatic imine (C=N–C) groups is 1. The van der Waals surface area contributed by atoms with Gasteiger partial charge in [0.15, 0.2) is 5.96 Å². The molecule has 1 aliphatic carbocycles. The van der Waals surface area contributed by atoms with Crippen LogP contribution in [-0.4, -0.2) is 61.4 Å². The Morgan fingerprint density at radius 2 is 2.19 bits per heavy atom. The van der Waals surface area contributed by atoms with Gasteiger partial charge in [-0.2, -0.15) is 13.2 Å². The van der Waals surface area contributed by atoms with Crippen molar-refractivity contribution in [2.24, 2.45) is 10.9 Å². The highest BCUT2D eigenvalue weighted by Crippen LogP contribution is 2.29. The molecule has 0 spiro atoms. The van der Waals surface area contributed by atoms with E-state index in [4.69, 9.17) is 4.74 Å². The fraction of sp³-hybridized carbons (Fsp3) is 0.667. The van der Waals surface area contributed by atoms with Crippen LogP contribution in [0.4, 0.5) is 13.2 Å². The van der Waals surface area contributed by atoms with Crippen molar-refractivity contribution in [1.29, 1.82) is 0 Å².